The summed E-state index contributed by atoms with van der Waals surface area (Å²) in [7, 11) is 0. The molecule has 8 rings (SSSR count). The van der Waals surface area contributed by atoms with Gasteiger partial charge in [-0.25, -0.2) is 0 Å². The first-order valence-corrected chi connectivity index (χ1v) is 14.3. The Morgan fingerprint density at radius 3 is 2.51 bits per heavy atom. The van der Waals surface area contributed by atoms with Crippen LogP contribution in [-0.4, -0.2) is 4.57 Å². The monoisotopic (exact) mass is 515 g/mol. The molecule has 2 heteroatoms. The molecule has 1 nitrogen and oxygen atoms in total. The molecule has 0 saturated heterocycles. The lowest BCUT2D eigenvalue weighted by atomic mass is 10.00. The molecular weight excluding hydrogens is 490 g/mol. The topological polar surface area (TPSA) is 4.93 Å². The maximum atomic E-state index is 3.32. The zero-order valence-corrected chi connectivity index (χ0v) is 22.7. The van der Waals surface area contributed by atoms with Crippen molar-refractivity contribution in [3.8, 4) is 27.9 Å². The number of fused-ring (bicyclic) bond motifs is 7. The maximum absolute atomic E-state index is 3.32. The van der Waals surface area contributed by atoms with Crippen molar-refractivity contribution in [2.75, 3.05) is 0 Å². The molecule has 184 valence electrons. The SMILES string of the molecule is C/C=C\c1c(C)sc2ccc(-c3ccc4c(c3)c3ccccc3n4-c3ccc4c(c3)Cc3c#cccc3-4)cc12. The first-order valence-electron chi connectivity index (χ1n) is 13.4. The van der Waals surface area contributed by atoms with Gasteiger partial charge in [-0.3, -0.25) is 0 Å². The Balaban J connectivity index is 1.30. The Morgan fingerprint density at radius 1 is 0.795 bits per heavy atom. The summed E-state index contributed by atoms with van der Waals surface area (Å²) in [5.74, 6) is 0. The lowest BCUT2D eigenvalue weighted by molar-refractivity contribution is 1.16. The molecule has 0 N–H and O–H groups in total. The molecule has 0 saturated carbocycles. The van der Waals surface area contributed by atoms with Crippen molar-refractivity contribution >= 4 is 49.3 Å². The van der Waals surface area contributed by atoms with E-state index in [0.717, 1.165) is 6.42 Å². The number of aryl methyl sites for hydroxylation is 1. The van der Waals surface area contributed by atoms with E-state index in [2.05, 4.69) is 128 Å². The molecule has 7 aromatic rings. The molecule has 5 aromatic carbocycles. The number of hydrogen-bond donors (Lipinski definition) is 0. The van der Waals surface area contributed by atoms with Crippen molar-refractivity contribution in [3.05, 3.63) is 131 Å². The Hall–Kier alpha value is -4.58. The fourth-order valence-corrected chi connectivity index (χ4v) is 7.39. The van der Waals surface area contributed by atoms with Crippen LogP contribution < -0.4 is 0 Å². The summed E-state index contributed by atoms with van der Waals surface area (Å²) in [6.07, 6.45) is 5.29. The number of thiophene rings is 1. The molecule has 0 aliphatic heterocycles. The van der Waals surface area contributed by atoms with Crippen molar-refractivity contribution in [1.82, 2.24) is 4.57 Å². The van der Waals surface area contributed by atoms with Crippen LogP contribution in [0.2, 0.25) is 0 Å². The summed E-state index contributed by atoms with van der Waals surface area (Å²) >= 11 is 1.87. The minimum Gasteiger partial charge on any atom is -0.309 e. The molecule has 0 atom stereocenters. The van der Waals surface area contributed by atoms with Gasteiger partial charge in [0, 0.05) is 43.4 Å². The summed E-state index contributed by atoms with van der Waals surface area (Å²) in [6.45, 7) is 4.31. The van der Waals surface area contributed by atoms with Gasteiger partial charge in [0.25, 0.3) is 0 Å². The fourth-order valence-electron chi connectivity index (χ4n) is 6.36. The summed E-state index contributed by atoms with van der Waals surface area (Å²) in [5.41, 5.74) is 12.7. The Kier molecular flexibility index (Phi) is 4.86. The van der Waals surface area contributed by atoms with E-state index in [1.807, 2.05) is 17.4 Å². The number of nitrogens with zero attached hydrogens (tertiary/aromatic N) is 1. The quantitative estimate of drug-likeness (QED) is 0.221. The molecular formula is C37H25NS. The third-order valence-electron chi connectivity index (χ3n) is 8.14. The van der Waals surface area contributed by atoms with Crippen LogP contribution in [0, 0.1) is 19.1 Å². The summed E-state index contributed by atoms with van der Waals surface area (Å²) in [5, 5.41) is 3.90. The summed E-state index contributed by atoms with van der Waals surface area (Å²) in [6, 6.07) is 40.1. The number of rotatable bonds is 3. The molecule has 0 amide bonds. The van der Waals surface area contributed by atoms with E-state index in [1.54, 1.807) is 0 Å². The highest BCUT2D eigenvalue weighted by atomic mass is 32.1. The summed E-state index contributed by atoms with van der Waals surface area (Å²) < 4.78 is 3.76. The second-order valence-electron chi connectivity index (χ2n) is 10.4. The highest BCUT2D eigenvalue weighted by Crippen LogP contribution is 2.40. The third kappa shape index (κ3) is 3.34. The number of para-hydroxylation sites is 1. The number of aromatic nitrogens is 1. The molecule has 2 heterocycles. The van der Waals surface area contributed by atoms with Gasteiger partial charge in [-0.1, -0.05) is 60.7 Å². The van der Waals surface area contributed by atoms with Crippen LogP contribution in [0.4, 0.5) is 0 Å². The van der Waals surface area contributed by atoms with Gasteiger partial charge in [0.2, 0.25) is 0 Å². The highest BCUT2D eigenvalue weighted by Gasteiger charge is 2.20. The van der Waals surface area contributed by atoms with E-state index in [4.69, 9.17) is 0 Å². The number of allylic oxidation sites excluding steroid dienone is 1. The average Bonchev–Trinajstić information content (AvgIpc) is 3.61. The highest BCUT2D eigenvalue weighted by molar-refractivity contribution is 7.19. The molecule has 0 fully saturated rings. The van der Waals surface area contributed by atoms with Crippen molar-refractivity contribution in [2.45, 2.75) is 20.3 Å². The maximum Gasteiger partial charge on any atom is 0.0541 e. The van der Waals surface area contributed by atoms with Crippen LogP contribution in [0.25, 0.3) is 65.9 Å². The molecule has 1 aliphatic rings. The zero-order valence-electron chi connectivity index (χ0n) is 21.9. The lowest BCUT2D eigenvalue weighted by Crippen LogP contribution is -1.95. The van der Waals surface area contributed by atoms with E-state index in [0.29, 0.717) is 0 Å². The Morgan fingerprint density at radius 2 is 1.62 bits per heavy atom. The Bertz CT molecular complexity index is 2120. The van der Waals surface area contributed by atoms with E-state index in [1.165, 1.54) is 81.4 Å². The van der Waals surface area contributed by atoms with Crippen LogP contribution in [0.1, 0.15) is 28.5 Å². The van der Waals surface area contributed by atoms with Crippen LogP contribution in [0.15, 0.2) is 97.1 Å². The van der Waals surface area contributed by atoms with Gasteiger partial charge < -0.3 is 4.57 Å². The molecule has 0 spiro atoms. The number of benzene rings is 4. The largest absolute Gasteiger partial charge is 0.309 e. The van der Waals surface area contributed by atoms with E-state index >= 15 is 0 Å². The molecule has 0 unspecified atom stereocenters. The first-order chi connectivity index (χ1) is 19.2. The van der Waals surface area contributed by atoms with Gasteiger partial charge in [0.1, 0.15) is 0 Å². The minimum absolute atomic E-state index is 0.914. The van der Waals surface area contributed by atoms with Crippen LogP contribution >= 0.6 is 11.3 Å². The summed E-state index contributed by atoms with van der Waals surface area (Å²) in [4.78, 5) is 1.37. The van der Waals surface area contributed by atoms with E-state index in [-0.39, 0.29) is 0 Å². The van der Waals surface area contributed by atoms with Crippen LogP contribution in [0.3, 0.4) is 0 Å². The van der Waals surface area contributed by atoms with Gasteiger partial charge in [-0.15, -0.1) is 11.3 Å². The van der Waals surface area contributed by atoms with Crippen molar-refractivity contribution < 1.29 is 0 Å². The second kappa shape index (κ2) is 8.46. The molecule has 1 aliphatic carbocycles. The van der Waals surface area contributed by atoms with Gasteiger partial charge in [0.15, 0.2) is 0 Å². The molecule has 2 aromatic heterocycles. The van der Waals surface area contributed by atoms with E-state index in [9.17, 15) is 0 Å². The standard InChI is InChI=1S/C37H25NS/c1-3-8-29-23(2)39-37-18-14-25(22-34(29)37)24-13-17-36-33(21-24)32-11-6-7-12-35(32)38(36)28-15-16-31-27(20-28)19-26-9-4-5-10-30(26)31/h3,5-8,10-18,20-22H,19H2,1-2H3/b8-3-. The first kappa shape index (κ1) is 22.4. The zero-order chi connectivity index (χ0) is 26.1. The fraction of sp³-hybridized carbons (Fsp3) is 0.0811. The molecule has 0 radical (unpaired) electrons. The van der Waals surface area contributed by atoms with Crippen LogP contribution in [-0.2, 0) is 6.42 Å². The third-order valence-corrected chi connectivity index (χ3v) is 9.24. The van der Waals surface area contributed by atoms with Gasteiger partial charge >= 0.3 is 0 Å². The van der Waals surface area contributed by atoms with Gasteiger partial charge in [-0.05, 0) is 102 Å². The number of hydrogen-bond acceptors (Lipinski definition) is 1. The van der Waals surface area contributed by atoms with E-state index < -0.39 is 0 Å². The van der Waals surface area contributed by atoms with Crippen LogP contribution in [0.5, 0.6) is 0 Å². The predicted molar refractivity (Wildman–Crippen MR) is 167 cm³/mol. The molecule has 0 bridgehead atoms. The van der Waals surface area contributed by atoms with Crippen molar-refractivity contribution in [3.63, 3.8) is 0 Å². The second-order valence-corrected chi connectivity index (χ2v) is 11.6. The van der Waals surface area contributed by atoms with Gasteiger partial charge in [0.05, 0.1) is 11.0 Å². The normalized spacial score (nSPS) is 12.5. The molecule has 39 heavy (non-hydrogen) atoms. The average molecular weight is 516 g/mol. The van der Waals surface area contributed by atoms with Gasteiger partial charge in [-0.2, -0.15) is 0 Å². The van der Waals surface area contributed by atoms with Crippen molar-refractivity contribution in [1.29, 1.82) is 0 Å². The van der Waals surface area contributed by atoms with Crippen molar-refractivity contribution in [2.24, 2.45) is 0 Å². The predicted octanol–water partition coefficient (Wildman–Crippen LogP) is 10.2. The Labute approximate surface area is 232 Å². The smallest absolute Gasteiger partial charge is 0.0541 e. The lowest BCUT2D eigenvalue weighted by Gasteiger charge is -2.11. The minimum atomic E-state index is 0.914.